The van der Waals surface area contributed by atoms with E-state index in [0.29, 0.717) is 12.5 Å². The highest BCUT2D eigenvalue weighted by Crippen LogP contribution is 2.10. The van der Waals surface area contributed by atoms with Crippen molar-refractivity contribution in [2.75, 3.05) is 19.7 Å². The minimum absolute atomic E-state index is 0.337. The zero-order valence-corrected chi connectivity index (χ0v) is 12.7. The maximum Gasteiger partial charge on any atom is 0.0434 e. The number of unbranched alkanes of at least 4 members (excludes halogenated alkanes) is 6. The first-order valence-corrected chi connectivity index (χ1v) is 8.16. The summed E-state index contributed by atoms with van der Waals surface area (Å²) >= 11 is 0. The summed E-state index contributed by atoms with van der Waals surface area (Å²) in [5.41, 5.74) is 0. The summed E-state index contributed by atoms with van der Waals surface area (Å²) in [6.07, 6.45) is 13.1. The molecule has 0 saturated carbocycles. The maximum absolute atomic E-state index is 8.98. The standard InChI is InChI=1S/C16H35NO/c1-3-5-6-7-8-9-10-13-17-15-16(11-4-2)12-14-18/h16-18H,3-15H2,1-2H3. The summed E-state index contributed by atoms with van der Waals surface area (Å²) in [6, 6.07) is 0. The molecule has 0 aromatic carbocycles. The Bertz CT molecular complexity index is 144. The molecule has 110 valence electrons. The Hall–Kier alpha value is -0.0800. The Labute approximate surface area is 115 Å². The van der Waals surface area contributed by atoms with Gasteiger partial charge in [-0.2, -0.15) is 0 Å². The molecule has 0 amide bonds. The minimum Gasteiger partial charge on any atom is -0.396 e. The second-order valence-corrected chi connectivity index (χ2v) is 5.49. The van der Waals surface area contributed by atoms with E-state index in [0.717, 1.165) is 19.5 Å². The van der Waals surface area contributed by atoms with Crippen LogP contribution in [0, 0.1) is 5.92 Å². The van der Waals surface area contributed by atoms with Gasteiger partial charge >= 0.3 is 0 Å². The van der Waals surface area contributed by atoms with Gasteiger partial charge in [-0.05, 0) is 38.3 Å². The van der Waals surface area contributed by atoms with Gasteiger partial charge in [-0.25, -0.2) is 0 Å². The summed E-state index contributed by atoms with van der Waals surface area (Å²) in [5.74, 6) is 0.671. The molecule has 18 heavy (non-hydrogen) atoms. The molecule has 0 aromatic rings. The minimum atomic E-state index is 0.337. The van der Waals surface area contributed by atoms with E-state index in [-0.39, 0.29) is 0 Å². The molecular weight excluding hydrogens is 222 g/mol. The van der Waals surface area contributed by atoms with E-state index in [9.17, 15) is 0 Å². The van der Waals surface area contributed by atoms with Crippen LogP contribution < -0.4 is 5.32 Å². The van der Waals surface area contributed by atoms with Crippen LogP contribution in [0.3, 0.4) is 0 Å². The maximum atomic E-state index is 8.98. The first kappa shape index (κ1) is 17.9. The van der Waals surface area contributed by atoms with Crippen molar-refractivity contribution in [3.63, 3.8) is 0 Å². The topological polar surface area (TPSA) is 32.3 Å². The van der Waals surface area contributed by atoms with Crippen LogP contribution in [0.15, 0.2) is 0 Å². The van der Waals surface area contributed by atoms with E-state index < -0.39 is 0 Å². The summed E-state index contributed by atoms with van der Waals surface area (Å²) < 4.78 is 0. The van der Waals surface area contributed by atoms with Crippen LogP contribution in [0.4, 0.5) is 0 Å². The van der Waals surface area contributed by atoms with E-state index in [1.54, 1.807) is 0 Å². The van der Waals surface area contributed by atoms with Crippen molar-refractivity contribution in [3.8, 4) is 0 Å². The first-order chi connectivity index (χ1) is 8.85. The van der Waals surface area contributed by atoms with Crippen molar-refractivity contribution in [3.05, 3.63) is 0 Å². The highest BCUT2D eigenvalue weighted by atomic mass is 16.3. The summed E-state index contributed by atoms with van der Waals surface area (Å²) in [7, 11) is 0. The number of aliphatic hydroxyl groups excluding tert-OH is 1. The van der Waals surface area contributed by atoms with Crippen molar-refractivity contribution < 1.29 is 5.11 Å². The van der Waals surface area contributed by atoms with Crippen LogP contribution in [-0.2, 0) is 0 Å². The largest absolute Gasteiger partial charge is 0.396 e. The van der Waals surface area contributed by atoms with Crippen LogP contribution in [0.2, 0.25) is 0 Å². The van der Waals surface area contributed by atoms with Gasteiger partial charge in [-0.15, -0.1) is 0 Å². The molecule has 1 atom stereocenters. The van der Waals surface area contributed by atoms with Crippen LogP contribution in [0.25, 0.3) is 0 Å². The molecule has 2 N–H and O–H groups in total. The van der Waals surface area contributed by atoms with Gasteiger partial charge in [-0.3, -0.25) is 0 Å². The Balaban J connectivity index is 3.21. The summed E-state index contributed by atoms with van der Waals surface area (Å²) in [4.78, 5) is 0. The predicted molar refractivity (Wildman–Crippen MR) is 81.0 cm³/mol. The van der Waals surface area contributed by atoms with Gasteiger partial charge < -0.3 is 10.4 Å². The lowest BCUT2D eigenvalue weighted by Gasteiger charge is -2.15. The number of nitrogens with one attached hydrogen (secondary N) is 1. The predicted octanol–water partition coefficient (Wildman–Crippen LogP) is 4.13. The van der Waals surface area contributed by atoms with E-state index in [4.69, 9.17) is 5.11 Å². The van der Waals surface area contributed by atoms with E-state index >= 15 is 0 Å². The van der Waals surface area contributed by atoms with Gasteiger partial charge in [0.15, 0.2) is 0 Å². The van der Waals surface area contributed by atoms with E-state index in [2.05, 4.69) is 19.2 Å². The highest BCUT2D eigenvalue weighted by Gasteiger charge is 2.05. The van der Waals surface area contributed by atoms with Crippen molar-refractivity contribution in [1.29, 1.82) is 0 Å². The van der Waals surface area contributed by atoms with Crippen LogP contribution >= 0.6 is 0 Å². The molecular formula is C16H35NO. The van der Waals surface area contributed by atoms with Crippen LogP contribution in [-0.4, -0.2) is 24.8 Å². The molecule has 0 fully saturated rings. The number of rotatable bonds is 14. The normalized spacial score (nSPS) is 12.8. The number of aliphatic hydroxyl groups is 1. The molecule has 0 heterocycles. The summed E-state index contributed by atoms with van der Waals surface area (Å²) in [6.45, 7) is 7.07. The molecule has 1 unspecified atom stereocenters. The van der Waals surface area contributed by atoms with Crippen molar-refractivity contribution in [2.24, 2.45) is 5.92 Å². The Kier molecular flexibility index (Phi) is 14.9. The molecule has 2 nitrogen and oxygen atoms in total. The molecule has 0 aliphatic carbocycles. The van der Waals surface area contributed by atoms with Gasteiger partial charge in [0, 0.05) is 6.61 Å². The molecule has 0 rings (SSSR count). The Morgan fingerprint density at radius 3 is 2.11 bits per heavy atom. The fourth-order valence-electron chi connectivity index (χ4n) is 2.45. The molecule has 0 saturated heterocycles. The average Bonchev–Trinajstić information content (AvgIpc) is 2.37. The van der Waals surface area contributed by atoms with E-state index in [1.165, 1.54) is 57.8 Å². The molecule has 0 aliphatic rings. The SMILES string of the molecule is CCCCCCCCCNCC(CCC)CCO. The lowest BCUT2D eigenvalue weighted by molar-refractivity contribution is 0.248. The number of hydrogen-bond acceptors (Lipinski definition) is 2. The Morgan fingerprint density at radius 2 is 1.50 bits per heavy atom. The van der Waals surface area contributed by atoms with Gasteiger partial charge in [0.2, 0.25) is 0 Å². The van der Waals surface area contributed by atoms with Gasteiger partial charge in [-0.1, -0.05) is 58.8 Å². The zero-order valence-electron chi connectivity index (χ0n) is 12.7. The lowest BCUT2D eigenvalue weighted by Crippen LogP contribution is -2.24. The molecule has 0 aliphatic heterocycles. The van der Waals surface area contributed by atoms with Crippen molar-refractivity contribution in [2.45, 2.75) is 78.1 Å². The van der Waals surface area contributed by atoms with Gasteiger partial charge in [0.1, 0.15) is 0 Å². The highest BCUT2D eigenvalue weighted by molar-refractivity contribution is 4.62. The molecule has 0 aromatic heterocycles. The molecule has 0 radical (unpaired) electrons. The average molecular weight is 257 g/mol. The lowest BCUT2D eigenvalue weighted by atomic mass is 10.0. The third kappa shape index (κ3) is 12.4. The Morgan fingerprint density at radius 1 is 0.833 bits per heavy atom. The van der Waals surface area contributed by atoms with E-state index in [1.807, 2.05) is 0 Å². The van der Waals surface area contributed by atoms with Crippen LogP contribution in [0.1, 0.15) is 78.1 Å². The number of hydrogen-bond donors (Lipinski definition) is 2. The van der Waals surface area contributed by atoms with Crippen molar-refractivity contribution in [1.82, 2.24) is 5.32 Å². The second-order valence-electron chi connectivity index (χ2n) is 5.49. The quantitative estimate of drug-likeness (QED) is 0.459. The van der Waals surface area contributed by atoms with Gasteiger partial charge in [0.05, 0.1) is 0 Å². The third-order valence-corrected chi connectivity index (χ3v) is 3.62. The molecule has 2 heteroatoms. The molecule has 0 spiro atoms. The first-order valence-electron chi connectivity index (χ1n) is 8.16. The fraction of sp³-hybridized carbons (Fsp3) is 1.00. The second kappa shape index (κ2) is 15.0. The monoisotopic (exact) mass is 257 g/mol. The fourth-order valence-corrected chi connectivity index (χ4v) is 2.45. The van der Waals surface area contributed by atoms with Crippen LogP contribution in [0.5, 0.6) is 0 Å². The van der Waals surface area contributed by atoms with Gasteiger partial charge in [0.25, 0.3) is 0 Å². The van der Waals surface area contributed by atoms with Crippen molar-refractivity contribution >= 4 is 0 Å². The third-order valence-electron chi connectivity index (χ3n) is 3.62. The summed E-state index contributed by atoms with van der Waals surface area (Å²) in [5, 5.41) is 12.5. The smallest absolute Gasteiger partial charge is 0.0434 e. The zero-order chi connectivity index (χ0) is 13.5. The molecule has 0 bridgehead atoms.